The molecular weight excluding hydrogens is 349 g/mol. The van der Waals surface area contributed by atoms with Crippen molar-refractivity contribution in [1.82, 2.24) is 24.8 Å². The molecule has 0 aliphatic carbocycles. The molecule has 3 aromatic heterocycles. The van der Waals surface area contributed by atoms with Crippen LogP contribution in [0.3, 0.4) is 0 Å². The minimum Gasteiger partial charge on any atom is -0.486 e. The van der Waals surface area contributed by atoms with E-state index in [1.54, 1.807) is 23.8 Å². The monoisotopic (exact) mass is 365 g/mol. The molecule has 1 aliphatic rings. The lowest BCUT2D eigenvalue weighted by Crippen LogP contribution is -2.29. The van der Waals surface area contributed by atoms with Crippen molar-refractivity contribution in [3.63, 3.8) is 0 Å². The normalized spacial score (nSPS) is 13.7. The summed E-state index contributed by atoms with van der Waals surface area (Å²) in [7, 11) is 3.72. The number of hydrogen-bond acceptors (Lipinski definition) is 7. The van der Waals surface area contributed by atoms with Crippen LogP contribution in [-0.2, 0) is 0 Å². The lowest BCUT2D eigenvalue weighted by molar-refractivity contribution is 0.312. The van der Waals surface area contributed by atoms with E-state index in [2.05, 4.69) is 30.5 Å². The van der Waals surface area contributed by atoms with Crippen molar-refractivity contribution < 1.29 is 9.13 Å². The minimum absolute atomic E-state index is 0.316. The molecule has 4 heterocycles. The third-order valence-corrected chi connectivity index (χ3v) is 4.71. The van der Waals surface area contributed by atoms with Crippen molar-refractivity contribution in [1.29, 1.82) is 0 Å². The SMILES string of the molecule is CNc1cc(F)cc2ccc(-c3nnc4c5c(cnn34)N(C)CCO5)nc12. The Morgan fingerprint density at radius 3 is 2.96 bits per heavy atom. The molecule has 0 unspecified atom stereocenters. The van der Waals surface area contributed by atoms with Crippen LogP contribution in [0.1, 0.15) is 0 Å². The van der Waals surface area contributed by atoms with Gasteiger partial charge in [-0.05, 0) is 18.2 Å². The number of nitrogens with zero attached hydrogens (tertiary/aromatic N) is 6. The third kappa shape index (κ3) is 2.35. The molecule has 0 fully saturated rings. The highest BCUT2D eigenvalue weighted by Crippen LogP contribution is 2.34. The van der Waals surface area contributed by atoms with Gasteiger partial charge in [0.1, 0.15) is 23.8 Å². The first-order chi connectivity index (χ1) is 13.2. The van der Waals surface area contributed by atoms with E-state index in [0.717, 1.165) is 12.2 Å². The van der Waals surface area contributed by atoms with Gasteiger partial charge in [0.2, 0.25) is 11.5 Å². The number of halogens is 1. The van der Waals surface area contributed by atoms with Crippen LogP contribution in [0, 0.1) is 5.82 Å². The number of likely N-dealkylation sites (N-methyl/N-ethyl adjacent to an activating group) is 1. The summed E-state index contributed by atoms with van der Waals surface area (Å²) in [5, 5.41) is 16.7. The number of hydrogen-bond donors (Lipinski definition) is 1. The number of pyridine rings is 1. The summed E-state index contributed by atoms with van der Waals surface area (Å²) in [6.45, 7) is 1.37. The fourth-order valence-corrected chi connectivity index (χ4v) is 3.31. The Morgan fingerprint density at radius 2 is 2.11 bits per heavy atom. The Kier molecular flexibility index (Phi) is 3.36. The summed E-state index contributed by atoms with van der Waals surface area (Å²) in [5.41, 5.74) is 3.28. The summed E-state index contributed by atoms with van der Waals surface area (Å²) in [6.07, 6.45) is 1.74. The van der Waals surface area contributed by atoms with E-state index >= 15 is 0 Å². The van der Waals surface area contributed by atoms with Crippen molar-refractivity contribution in [2.45, 2.75) is 0 Å². The molecule has 5 rings (SSSR count). The lowest BCUT2D eigenvalue weighted by Gasteiger charge is -2.26. The second kappa shape index (κ2) is 5.76. The zero-order chi connectivity index (χ0) is 18.5. The first kappa shape index (κ1) is 15.7. The van der Waals surface area contributed by atoms with Crippen molar-refractivity contribution in [2.75, 3.05) is 37.5 Å². The maximum Gasteiger partial charge on any atom is 0.222 e. The van der Waals surface area contributed by atoms with Gasteiger partial charge in [-0.15, -0.1) is 10.2 Å². The van der Waals surface area contributed by atoms with E-state index in [0.29, 0.717) is 46.1 Å². The first-order valence-electron chi connectivity index (χ1n) is 8.52. The molecule has 0 bridgehead atoms. The molecule has 0 radical (unpaired) electrons. The number of anilines is 2. The molecule has 1 aliphatic heterocycles. The van der Waals surface area contributed by atoms with Gasteiger partial charge in [-0.2, -0.15) is 9.61 Å². The quantitative estimate of drug-likeness (QED) is 0.584. The molecule has 8 nitrogen and oxygen atoms in total. The molecule has 0 atom stereocenters. The van der Waals surface area contributed by atoms with E-state index in [9.17, 15) is 4.39 Å². The fraction of sp³-hybridized carbons (Fsp3) is 0.222. The second-order valence-corrected chi connectivity index (χ2v) is 6.36. The molecule has 1 N–H and O–H groups in total. The lowest BCUT2D eigenvalue weighted by atomic mass is 10.1. The van der Waals surface area contributed by atoms with E-state index in [1.807, 2.05) is 13.1 Å². The highest BCUT2D eigenvalue weighted by molar-refractivity contribution is 5.91. The number of rotatable bonds is 2. The van der Waals surface area contributed by atoms with Gasteiger partial charge < -0.3 is 15.0 Å². The van der Waals surface area contributed by atoms with Gasteiger partial charge in [-0.25, -0.2) is 9.37 Å². The molecule has 0 amide bonds. The van der Waals surface area contributed by atoms with Gasteiger partial charge in [0.15, 0.2) is 5.75 Å². The number of fused-ring (bicyclic) bond motifs is 4. The number of benzene rings is 1. The summed E-state index contributed by atoms with van der Waals surface area (Å²) < 4.78 is 21.2. The highest BCUT2D eigenvalue weighted by Gasteiger charge is 2.23. The summed E-state index contributed by atoms with van der Waals surface area (Å²) >= 11 is 0. The standard InChI is InChI=1S/C18H16FN7O/c1-20-13-8-11(19)7-10-3-4-12(22-15(10)13)17-23-24-18-16-14(9-21-26(17)18)25(2)5-6-27-16/h3-4,7-9,20H,5-6H2,1-2H3. The van der Waals surface area contributed by atoms with Crippen LogP contribution in [0.15, 0.2) is 30.5 Å². The topological polar surface area (TPSA) is 80.5 Å². The van der Waals surface area contributed by atoms with E-state index in [1.165, 1.54) is 12.1 Å². The van der Waals surface area contributed by atoms with Gasteiger partial charge in [0.25, 0.3) is 0 Å². The Bertz CT molecular complexity index is 1190. The van der Waals surface area contributed by atoms with Gasteiger partial charge in [-0.3, -0.25) is 0 Å². The van der Waals surface area contributed by atoms with Gasteiger partial charge in [0, 0.05) is 19.5 Å². The Balaban J connectivity index is 1.71. The van der Waals surface area contributed by atoms with Crippen LogP contribution in [-0.4, -0.2) is 52.0 Å². The molecule has 9 heteroatoms. The van der Waals surface area contributed by atoms with Crippen LogP contribution >= 0.6 is 0 Å². The summed E-state index contributed by atoms with van der Waals surface area (Å²) in [6, 6.07) is 6.46. The highest BCUT2D eigenvalue weighted by atomic mass is 19.1. The maximum absolute atomic E-state index is 13.7. The largest absolute Gasteiger partial charge is 0.486 e. The molecule has 1 aromatic carbocycles. The summed E-state index contributed by atoms with van der Waals surface area (Å²) in [5.74, 6) is 0.845. The van der Waals surface area contributed by atoms with E-state index < -0.39 is 0 Å². The molecular formula is C18H16FN7O. The first-order valence-corrected chi connectivity index (χ1v) is 8.52. The van der Waals surface area contributed by atoms with Gasteiger partial charge >= 0.3 is 0 Å². The third-order valence-electron chi connectivity index (χ3n) is 4.71. The van der Waals surface area contributed by atoms with Crippen LogP contribution in [0.2, 0.25) is 0 Å². The van der Waals surface area contributed by atoms with Crippen molar-refractivity contribution >= 4 is 27.9 Å². The van der Waals surface area contributed by atoms with Crippen LogP contribution in [0.5, 0.6) is 5.75 Å². The molecule has 136 valence electrons. The average molecular weight is 365 g/mol. The van der Waals surface area contributed by atoms with Crippen molar-refractivity contribution in [2.24, 2.45) is 0 Å². The molecule has 4 aromatic rings. The van der Waals surface area contributed by atoms with Gasteiger partial charge in [-0.1, -0.05) is 6.07 Å². The number of nitrogens with one attached hydrogen (secondary N) is 1. The zero-order valence-corrected chi connectivity index (χ0v) is 14.8. The van der Waals surface area contributed by atoms with E-state index in [-0.39, 0.29) is 5.82 Å². The van der Waals surface area contributed by atoms with Gasteiger partial charge in [0.05, 0.1) is 23.9 Å². The zero-order valence-electron chi connectivity index (χ0n) is 14.8. The van der Waals surface area contributed by atoms with Crippen LogP contribution in [0.25, 0.3) is 28.1 Å². The average Bonchev–Trinajstić information content (AvgIpc) is 3.12. The molecule has 0 spiro atoms. The Morgan fingerprint density at radius 1 is 1.22 bits per heavy atom. The predicted molar refractivity (Wildman–Crippen MR) is 99.8 cm³/mol. The maximum atomic E-state index is 13.7. The molecule has 27 heavy (non-hydrogen) atoms. The van der Waals surface area contributed by atoms with E-state index in [4.69, 9.17) is 4.74 Å². The minimum atomic E-state index is -0.316. The van der Waals surface area contributed by atoms with Crippen molar-refractivity contribution in [3.8, 4) is 17.3 Å². The molecule has 0 saturated carbocycles. The van der Waals surface area contributed by atoms with Crippen molar-refractivity contribution in [3.05, 3.63) is 36.3 Å². The molecule has 0 saturated heterocycles. The second-order valence-electron chi connectivity index (χ2n) is 6.36. The fourth-order valence-electron chi connectivity index (χ4n) is 3.31. The van der Waals surface area contributed by atoms with Crippen LogP contribution in [0.4, 0.5) is 15.8 Å². The summed E-state index contributed by atoms with van der Waals surface area (Å²) in [4.78, 5) is 6.73. The number of ether oxygens (including phenoxy) is 1. The Labute approximate surface area is 153 Å². The number of aromatic nitrogens is 5. The smallest absolute Gasteiger partial charge is 0.222 e. The predicted octanol–water partition coefficient (Wildman–Crippen LogP) is 2.35. The Hall–Kier alpha value is -3.49. The van der Waals surface area contributed by atoms with Crippen LogP contribution < -0.4 is 15.0 Å².